The molecule has 0 spiro atoms. The molecule has 0 radical (unpaired) electrons. The first-order valence-corrected chi connectivity index (χ1v) is 9.75. The van der Waals surface area contributed by atoms with Gasteiger partial charge in [0.2, 0.25) is 0 Å². The molecule has 1 N–H and O–H groups in total. The number of nitrogens with one attached hydrogen (secondary N) is 1. The fourth-order valence-corrected chi connectivity index (χ4v) is 2.84. The fraction of sp³-hybridized carbons (Fsp3) is 0.360. The highest BCUT2D eigenvalue weighted by molar-refractivity contribution is 5.46. The van der Waals surface area contributed by atoms with Crippen LogP contribution in [0, 0.1) is 5.92 Å². The van der Waals surface area contributed by atoms with Crippen molar-refractivity contribution in [1.82, 2.24) is 5.32 Å². The molecule has 26 heavy (non-hydrogen) atoms. The van der Waals surface area contributed by atoms with E-state index in [1.807, 2.05) is 50.2 Å². The van der Waals surface area contributed by atoms with Crippen molar-refractivity contribution in [2.75, 3.05) is 0 Å². The third-order valence-corrected chi connectivity index (χ3v) is 4.14. The van der Waals surface area contributed by atoms with E-state index in [-0.39, 0.29) is 0 Å². The second-order valence-electron chi connectivity index (χ2n) is 6.68. The zero-order chi connectivity index (χ0) is 19.4. The molecule has 1 aromatic rings. The summed E-state index contributed by atoms with van der Waals surface area (Å²) >= 11 is 0. The minimum absolute atomic E-state index is 0.290. The summed E-state index contributed by atoms with van der Waals surface area (Å²) in [5.74, 6) is 0.545. The standard InChI is InChI=1S/C17H23N.C6H6.C2H6/c1-12-5-7-15(4)18-17-8-6-13(2)10-16(11-17)14(3)9-12;1-2-4-6-5-3-1;1-2/h5-8,10-12,15,17-18H,3,9H2,1-2,4H3;1-6H;1-2H3/b7-5-;;. The van der Waals surface area contributed by atoms with Gasteiger partial charge in [-0.25, -0.2) is 0 Å². The highest BCUT2D eigenvalue weighted by atomic mass is 14.9. The average Bonchev–Trinajstić information content (AvgIpc) is 2.84. The molecule has 2 bridgehead atoms. The van der Waals surface area contributed by atoms with Gasteiger partial charge in [-0.15, -0.1) is 0 Å². The van der Waals surface area contributed by atoms with E-state index in [2.05, 4.69) is 69.1 Å². The van der Waals surface area contributed by atoms with E-state index in [1.54, 1.807) is 0 Å². The molecule has 0 saturated heterocycles. The van der Waals surface area contributed by atoms with Gasteiger partial charge in [-0.3, -0.25) is 0 Å². The maximum absolute atomic E-state index is 4.25. The smallest absolute Gasteiger partial charge is 0.0452 e. The first kappa shape index (κ1) is 21.9. The van der Waals surface area contributed by atoms with Crippen molar-refractivity contribution in [1.29, 1.82) is 0 Å². The van der Waals surface area contributed by atoms with E-state index >= 15 is 0 Å². The molecule has 3 rings (SSSR count). The predicted octanol–water partition coefficient (Wildman–Crippen LogP) is 6.64. The van der Waals surface area contributed by atoms with Gasteiger partial charge in [0.05, 0.1) is 0 Å². The number of benzene rings is 1. The lowest BCUT2D eigenvalue weighted by atomic mass is 9.93. The maximum atomic E-state index is 4.25. The monoisotopic (exact) mass is 349 g/mol. The summed E-state index contributed by atoms with van der Waals surface area (Å²) in [5, 5.41) is 3.60. The molecular weight excluding hydrogens is 314 g/mol. The molecule has 0 fully saturated rings. The van der Waals surface area contributed by atoms with Gasteiger partial charge < -0.3 is 5.32 Å². The number of hydrogen-bond acceptors (Lipinski definition) is 1. The Balaban J connectivity index is 0.000000353. The molecule has 0 aromatic heterocycles. The number of rotatable bonds is 0. The van der Waals surface area contributed by atoms with E-state index < -0.39 is 0 Å². The van der Waals surface area contributed by atoms with Crippen LogP contribution in [0.3, 0.4) is 0 Å². The van der Waals surface area contributed by atoms with E-state index in [1.165, 1.54) is 16.7 Å². The van der Waals surface area contributed by atoms with Crippen molar-refractivity contribution >= 4 is 0 Å². The van der Waals surface area contributed by atoms with Crippen LogP contribution in [-0.2, 0) is 0 Å². The lowest BCUT2D eigenvalue weighted by Gasteiger charge is -2.20. The van der Waals surface area contributed by atoms with Gasteiger partial charge in [-0.05, 0) is 37.3 Å². The minimum Gasteiger partial charge on any atom is -0.301 e. The molecule has 140 valence electrons. The van der Waals surface area contributed by atoms with Crippen molar-refractivity contribution in [2.24, 2.45) is 5.92 Å². The zero-order valence-corrected chi connectivity index (χ0v) is 17.1. The summed E-state index contributed by atoms with van der Waals surface area (Å²) in [4.78, 5) is 0. The zero-order valence-electron chi connectivity index (χ0n) is 17.1. The summed E-state index contributed by atoms with van der Waals surface area (Å²) in [7, 11) is 0. The molecular formula is C25H35N. The molecule has 0 amide bonds. The van der Waals surface area contributed by atoms with Gasteiger partial charge in [0, 0.05) is 12.1 Å². The van der Waals surface area contributed by atoms with Crippen LogP contribution in [0.25, 0.3) is 0 Å². The van der Waals surface area contributed by atoms with Gasteiger partial charge in [0.1, 0.15) is 0 Å². The lowest BCUT2D eigenvalue weighted by molar-refractivity contribution is 0.606. The topological polar surface area (TPSA) is 12.0 Å². The first-order valence-electron chi connectivity index (χ1n) is 9.75. The summed E-state index contributed by atoms with van der Waals surface area (Å²) in [6.07, 6.45) is 14.5. The van der Waals surface area contributed by atoms with Crippen LogP contribution < -0.4 is 5.32 Å². The molecule has 3 unspecified atom stereocenters. The van der Waals surface area contributed by atoms with Crippen LogP contribution >= 0.6 is 0 Å². The molecule has 1 nitrogen and oxygen atoms in total. The Bertz CT molecular complexity index is 619. The molecule has 2 aliphatic rings. The quantitative estimate of drug-likeness (QED) is 0.518. The molecule has 1 aliphatic heterocycles. The molecule has 1 heterocycles. The van der Waals surface area contributed by atoms with E-state index in [0.29, 0.717) is 18.0 Å². The molecule has 3 atom stereocenters. The van der Waals surface area contributed by atoms with Crippen molar-refractivity contribution in [2.45, 2.75) is 53.1 Å². The third kappa shape index (κ3) is 8.31. The summed E-state index contributed by atoms with van der Waals surface area (Å²) < 4.78 is 0. The van der Waals surface area contributed by atoms with Crippen molar-refractivity contribution < 1.29 is 0 Å². The van der Waals surface area contributed by atoms with Gasteiger partial charge in [0.15, 0.2) is 0 Å². The Hall–Kier alpha value is -2.12. The first-order chi connectivity index (χ1) is 12.5. The third-order valence-electron chi connectivity index (χ3n) is 4.14. The second-order valence-corrected chi connectivity index (χ2v) is 6.68. The average molecular weight is 350 g/mol. The Labute approximate surface area is 160 Å². The SMILES string of the molecule is C=C1CC(C)/C=C\C(C)NC2C=CC(C)=CC1=C2.CC.c1ccccc1. The van der Waals surface area contributed by atoms with Gasteiger partial charge >= 0.3 is 0 Å². The Kier molecular flexibility index (Phi) is 10.3. The highest BCUT2D eigenvalue weighted by Gasteiger charge is 2.13. The summed E-state index contributed by atoms with van der Waals surface area (Å²) in [6, 6.07) is 12.7. The fourth-order valence-electron chi connectivity index (χ4n) is 2.84. The normalized spacial score (nSPS) is 25.9. The van der Waals surface area contributed by atoms with Crippen molar-refractivity contribution in [3.05, 3.63) is 96.2 Å². The van der Waals surface area contributed by atoms with Crippen molar-refractivity contribution in [3.8, 4) is 0 Å². The molecule has 0 saturated carbocycles. The van der Waals surface area contributed by atoms with Gasteiger partial charge in [0.25, 0.3) is 0 Å². The second kappa shape index (κ2) is 12.3. The lowest BCUT2D eigenvalue weighted by Crippen LogP contribution is -2.33. The van der Waals surface area contributed by atoms with E-state index in [4.69, 9.17) is 0 Å². The van der Waals surface area contributed by atoms with Crippen molar-refractivity contribution in [3.63, 3.8) is 0 Å². The Morgan fingerprint density at radius 3 is 2.08 bits per heavy atom. The van der Waals surface area contributed by atoms with Gasteiger partial charge in [-0.1, -0.05) is 106 Å². The number of fused-ring (bicyclic) bond motifs is 1. The summed E-state index contributed by atoms with van der Waals surface area (Å²) in [5.41, 5.74) is 3.81. The van der Waals surface area contributed by atoms with Crippen LogP contribution in [0.15, 0.2) is 96.2 Å². The van der Waals surface area contributed by atoms with Gasteiger partial charge in [-0.2, -0.15) is 0 Å². The molecule has 1 aromatic carbocycles. The highest BCUT2D eigenvalue weighted by Crippen LogP contribution is 2.24. The van der Waals surface area contributed by atoms with Crippen LogP contribution in [0.2, 0.25) is 0 Å². The van der Waals surface area contributed by atoms with E-state index in [9.17, 15) is 0 Å². The Morgan fingerprint density at radius 2 is 1.50 bits per heavy atom. The largest absolute Gasteiger partial charge is 0.301 e. The predicted molar refractivity (Wildman–Crippen MR) is 117 cm³/mol. The minimum atomic E-state index is 0.290. The molecule has 1 aliphatic carbocycles. The molecule has 1 heteroatoms. The van der Waals surface area contributed by atoms with Crippen LogP contribution in [0.1, 0.15) is 41.0 Å². The van der Waals surface area contributed by atoms with Crippen LogP contribution in [-0.4, -0.2) is 12.1 Å². The van der Waals surface area contributed by atoms with E-state index in [0.717, 1.165) is 6.42 Å². The van der Waals surface area contributed by atoms with Crippen LogP contribution in [0.5, 0.6) is 0 Å². The van der Waals surface area contributed by atoms with Crippen LogP contribution in [0.4, 0.5) is 0 Å². The number of allylic oxidation sites excluding steroid dienone is 6. The summed E-state index contributed by atoms with van der Waals surface area (Å²) in [6.45, 7) is 14.8. The Morgan fingerprint density at radius 1 is 0.923 bits per heavy atom. The maximum Gasteiger partial charge on any atom is 0.0452 e. The number of hydrogen-bond donors (Lipinski definition) is 1.